The van der Waals surface area contributed by atoms with E-state index in [0.717, 1.165) is 0 Å². The van der Waals surface area contributed by atoms with E-state index < -0.39 is 36.2 Å². The molecular formula is C16H33NO6. The van der Waals surface area contributed by atoms with Crippen LogP contribution in [0.2, 0.25) is 0 Å². The first-order valence-corrected chi connectivity index (χ1v) is 8.12. The summed E-state index contributed by atoms with van der Waals surface area (Å²) in [4.78, 5) is 1.97. The molecule has 7 heteroatoms. The maximum absolute atomic E-state index is 10.7. The van der Waals surface area contributed by atoms with Crippen LogP contribution >= 0.6 is 0 Å². The molecule has 0 aromatic carbocycles. The molecule has 0 saturated carbocycles. The van der Waals surface area contributed by atoms with Gasteiger partial charge in [0.2, 0.25) is 0 Å². The zero-order valence-corrected chi connectivity index (χ0v) is 15.2. The molecule has 1 aliphatic rings. The van der Waals surface area contributed by atoms with Crippen molar-refractivity contribution < 1.29 is 29.2 Å². The van der Waals surface area contributed by atoms with Crippen LogP contribution in [0.1, 0.15) is 27.7 Å². The Morgan fingerprint density at radius 3 is 1.96 bits per heavy atom. The number of aliphatic hydroxyl groups excluding tert-OH is 2. The molecule has 2 N–H and O–H groups in total. The molecule has 138 valence electrons. The largest absolute Gasteiger partial charge is 0.389 e. The summed E-state index contributed by atoms with van der Waals surface area (Å²) >= 11 is 0. The van der Waals surface area contributed by atoms with E-state index in [2.05, 4.69) is 0 Å². The molecule has 0 aromatic rings. The molecule has 1 heterocycles. The van der Waals surface area contributed by atoms with Crippen LogP contribution in [0.4, 0.5) is 0 Å². The predicted molar refractivity (Wildman–Crippen MR) is 86.3 cm³/mol. The van der Waals surface area contributed by atoms with Crippen LogP contribution in [0.25, 0.3) is 0 Å². The third kappa shape index (κ3) is 6.26. The summed E-state index contributed by atoms with van der Waals surface area (Å²) in [6.45, 7) is 9.65. The highest BCUT2D eigenvalue weighted by molar-refractivity contribution is 4.95. The smallest absolute Gasteiger partial charge is 0.186 e. The Balaban J connectivity index is 2.91. The number of methoxy groups -OCH3 is 2. The Morgan fingerprint density at radius 1 is 1.00 bits per heavy atom. The van der Waals surface area contributed by atoms with E-state index in [0.29, 0.717) is 26.3 Å². The molecule has 1 saturated heterocycles. The molecule has 1 fully saturated rings. The molecule has 5 atom stereocenters. The highest BCUT2D eigenvalue weighted by atomic mass is 16.7. The van der Waals surface area contributed by atoms with Gasteiger partial charge in [-0.3, -0.25) is 4.90 Å². The molecule has 23 heavy (non-hydrogen) atoms. The average Bonchev–Trinajstić information content (AvgIpc) is 2.45. The standard InChI is InChI=1S/C16H33NO6/c1-11-13(18)12(17(7-9-20-5)8-10-21-6)14(19)15(22-11)23-16(2,3)4/h11-15,18-19H,7-10H2,1-6H3/t11-,12+,13-,14+,15+/m1/s1. The predicted octanol–water partition coefficient (Wildman–Crippen LogP) is 0.232. The maximum atomic E-state index is 10.7. The molecule has 1 aliphatic heterocycles. The van der Waals surface area contributed by atoms with E-state index in [-0.39, 0.29) is 0 Å². The third-order valence-corrected chi connectivity index (χ3v) is 3.86. The maximum Gasteiger partial charge on any atom is 0.186 e. The van der Waals surface area contributed by atoms with E-state index in [9.17, 15) is 10.2 Å². The second-order valence-corrected chi connectivity index (χ2v) is 6.93. The molecule has 0 radical (unpaired) electrons. The minimum absolute atomic E-state index is 0.441. The second-order valence-electron chi connectivity index (χ2n) is 6.93. The van der Waals surface area contributed by atoms with Crippen LogP contribution in [-0.2, 0) is 18.9 Å². The van der Waals surface area contributed by atoms with Crippen molar-refractivity contribution in [2.24, 2.45) is 0 Å². The number of aliphatic hydroxyl groups is 2. The Labute approximate surface area is 139 Å². The quantitative estimate of drug-likeness (QED) is 0.657. The topological polar surface area (TPSA) is 80.6 Å². The van der Waals surface area contributed by atoms with Gasteiger partial charge in [0, 0.05) is 27.3 Å². The molecule has 7 nitrogen and oxygen atoms in total. The summed E-state index contributed by atoms with van der Waals surface area (Å²) in [5.74, 6) is 0. The summed E-state index contributed by atoms with van der Waals surface area (Å²) < 4.78 is 21.8. The van der Waals surface area contributed by atoms with Crippen LogP contribution in [0.5, 0.6) is 0 Å². The van der Waals surface area contributed by atoms with E-state index in [4.69, 9.17) is 18.9 Å². The summed E-state index contributed by atoms with van der Waals surface area (Å²) in [6.07, 6.45) is -3.01. The minimum atomic E-state index is -0.964. The molecule has 1 rings (SSSR count). The second kappa shape index (κ2) is 9.27. The first-order chi connectivity index (χ1) is 10.7. The number of hydrogen-bond donors (Lipinski definition) is 2. The molecule has 0 unspecified atom stereocenters. The van der Waals surface area contributed by atoms with Gasteiger partial charge in [-0.15, -0.1) is 0 Å². The summed E-state index contributed by atoms with van der Waals surface area (Å²) in [5.41, 5.74) is -0.456. The van der Waals surface area contributed by atoms with Crippen molar-refractivity contribution in [3.63, 3.8) is 0 Å². The van der Waals surface area contributed by atoms with Crippen molar-refractivity contribution >= 4 is 0 Å². The lowest BCUT2D eigenvalue weighted by atomic mass is 9.94. The fraction of sp³-hybridized carbons (Fsp3) is 1.00. The van der Waals surface area contributed by atoms with E-state index >= 15 is 0 Å². The minimum Gasteiger partial charge on any atom is -0.389 e. The first-order valence-electron chi connectivity index (χ1n) is 8.12. The third-order valence-electron chi connectivity index (χ3n) is 3.86. The van der Waals surface area contributed by atoms with Gasteiger partial charge in [0.05, 0.1) is 37.1 Å². The summed E-state index contributed by atoms with van der Waals surface area (Å²) in [7, 11) is 3.25. The summed E-state index contributed by atoms with van der Waals surface area (Å²) in [6, 6.07) is -0.503. The molecule has 0 aromatic heterocycles. The molecular weight excluding hydrogens is 302 g/mol. The SMILES string of the molecule is COCCN(CCOC)[C@@H]1[C@H](O)[C@H](OC(C)(C)C)O[C@H](C)[C@H]1O. The van der Waals surface area contributed by atoms with Crippen LogP contribution in [0.15, 0.2) is 0 Å². The number of nitrogens with zero attached hydrogens (tertiary/aromatic N) is 1. The lowest BCUT2D eigenvalue weighted by molar-refractivity contribution is -0.306. The van der Waals surface area contributed by atoms with Crippen molar-refractivity contribution in [3.8, 4) is 0 Å². The van der Waals surface area contributed by atoms with Crippen molar-refractivity contribution in [1.82, 2.24) is 4.90 Å². The fourth-order valence-electron chi connectivity index (χ4n) is 2.72. The first kappa shape index (κ1) is 20.8. The van der Waals surface area contributed by atoms with Gasteiger partial charge in [0.15, 0.2) is 6.29 Å². The van der Waals surface area contributed by atoms with Crippen LogP contribution in [0.3, 0.4) is 0 Å². The average molecular weight is 335 g/mol. The highest BCUT2D eigenvalue weighted by Gasteiger charge is 2.46. The van der Waals surface area contributed by atoms with Crippen molar-refractivity contribution in [1.29, 1.82) is 0 Å². The van der Waals surface area contributed by atoms with Crippen molar-refractivity contribution in [2.45, 2.75) is 63.9 Å². The fourth-order valence-corrected chi connectivity index (χ4v) is 2.72. The number of ether oxygens (including phenoxy) is 4. The van der Waals surface area contributed by atoms with Gasteiger partial charge < -0.3 is 29.2 Å². The number of hydrogen-bond acceptors (Lipinski definition) is 7. The van der Waals surface area contributed by atoms with Gasteiger partial charge in [-0.2, -0.15) is 0 Å². The van der Waals surface area contributed by atoms with Gasteiger partial charge in [0.25, 0.3) is 0 Å². The van der Waals surface area contributed by atoms with E-state index in [1.54, 1.807) is 21.1 Å². The van der Waals surface area contributed by atoms with Crippen LogP contribution < -0.4 is 0 Å². The Bertz CT molecular complexity index is 327. The molecule has 0 aliphatic carbocycles. The van der Waals surface area contributed by atoms with Gasteiger partial charge >= 0.3 is 0 Å². The lowest BCUT2D eigenvalue weighted by Gasteiger charge is -2.47. The zero-order valence-electron chi connectivity index (χ0n) is 15.2. The van der Waals surface area contributed by atoms with E-state index in [1.807, 2.05) is 25.7 Å². The normalized spacial score (nSPS) is 32.5. The summed E-state index contributed by atoms with van der Waals surface area (Å²) in [5, 5.41) is 21.2. The van der Waals surface area contributed by atoms with E-state index in [1.165, 1.54) is 0 Å². The van der Waals surface area contributed by atoms with Crippen LogP contribution in [0, 0.1) is 0 Å². The van der Waals surface area contributed by atoms with Crippen LogP contribution in [-0.4, -0.2) is 91.9 Å². The molecule has 0 bridgehead atoms. The molecule has 0 amide bonds. The monoisotopic (exact) mass is 335 g/mol. The van der Waals surface area contributed by atoms with Crippen molar-refractivity contribution in [2.75, 3.05) is 40.5 Å². The van der Waals surface area contributed by atoms with Crippen molar-refractivity contribution in [3.05, 3.63) is 0 Å². The molecule has 0 spiro atoms. The zero-order chi connectivity index (χ0) is 17.6. The lowest BCUT2D eigenvalue weighted by Crippen LogP contribution is -2.65. The Hall–Kier alpha value is -0.280. The number of rotatable bonds is 8. The van der Waals surface area contributed by atoms with Gasteiger partial charge in [-0.25, -0.2) is 0 Å². The van der Waals surface area contributed by atoms with Gasteiger partial charge in [0.1, 0.15) is 6.10 Å². The highest BCUT2D eigenvalue weighted by Crippen LogP contribution is 2.28. The Morgan fingerprint density at radius 2 is 1.52 bits per heavy atom. The van der Waals surface area contributed by atoms with Gasteiger partial charge in [-0.1, -0.05) is 0 Å². The Kier molecular flexibility index (Phi) is 8.37. The van der Waals surface area contributed by atoms with Gasteiger partial charge in [-0.05, 0) is 27.7 Å².